The van der Waals surface area contributed by atoms with Gasteiger partial charge in [0.2, 0.25) is 11.8 Å². The molecule has 150 valence electrons. The number of anilines is 1. The van der Waals surface area contributed by atoms with Gasteiger partial charge in [0.15, 0.2) is 0 Å². The third kappa shape index (κ3) is 3.72. The van der Waals surface area contributed by atoms with E-state index >= 15 is 0 Å². The Morgan fingerprint density at radius 1 is 0.933 bits per heavy atom. The number of benzene rings is 2. The lowest BCUT2D eigenvalue weighted by atomic mass is 10.0. The number of rotatable bonds is 5. The molecule has 0 radical (unpaired) electrons. The van der Waals surface area contributed by atoms with Crippen molar-refractivity contribution in [2.24, 2.45) is 0 Å². The molecule has 30 heavy (non-hydrogen) atoms. The summed E-state index contributed by atoms with van der Waals surface area (Å²) >= 11 is 0. The van der Waals surface area contributed by atoms with Gasteiger partial charge in [-0.05, 0) is 35.9 Å². The molecule has 4 rings (SSSR count). The van der Waals surface area contributed by atoms with Gasteiger partial charge in [-0.25, -0.2) is 0 Å². The van der Waals surface area contributed by atoms with Gasteiger partial charge < -0.3 is 4.90 Å². The number of hydrogen-bond donors (Lipinski definition) is 0. The fourth-order valence-electron chi connectivity index (χ4n) is 3.73. The van der Waals surface area contributed by atoms with Crippen LogP contribution in [0.1, 0.15) is 40.5 Å². The molecule has 1 aliphatic heterocycles. The van der Waals surface area contributed by atoms with Gasteiger partial charge in [-0.1, -0.05) is 42.5 Å². The monoisotopic (exact) mass is 399 g/mol. The zero-order valence-electron chi connectivity index (χ0n) is 16.6. The van der Waals surface area contributed by atoms with E-state index in [1.165, 1.54) is 0 Å². The van der Waals surface area contributed by atoms with Crippen LogP contribution in [0.15, 0.2) is 79.0 Å². The van der Waals surface area contributed by atoms with Gasteiger partial charge in [-0.3, -0.25) is 24.3 Å². The summed E-state index contributed by atoms with van der Waals surface area (Å²) in [5.74, 6) is -0.711. The first kappa shape index (κ1) is 19.5. The molecule has 1 atom stereocenters. The maximum atomic E-state index is 13.4. The van der Waals surface area contributed by atoms with Crippen LogP contribution in [0.25, 0.3) is 0 Å². The Morgan fingerprint density at radius 3 is 2.30 bits per heavy atom. The molecule has 0 saturated carbocycles. The summed E-state index contributed by atoms with van der Waals surface area (Å²) < 4.78 is 0. The molecule has 1 saturated heterocycles. The second-order valence-electron chi connectivity index (χ2n) is 7.16. The van der Waals surface area contributed by atoms with Gasteiger partial charge in [0.1, 0.15) is 0 Å². The fraction of sp³-hybridized carbons (Fsp3) is 0.167. The molecule has 2 heterocycles. The van der Waals surface area contributed by atoms with Crippen LogP contribution in [0.2, 0.25) is 0 Å². The Hall–Kier alpha value is -3.80. The highest BCUT2D eigenvalue weighted by Crippen LogP contribution is 2.29. The van der Waals surface area contributed by atoms with Crippen molar-refractivity contribution in [3.63, 3.8) is 0 Å². The molecule has 0 bridgehead atoms. The molecule has 6 heteroatoms. The minimum Gasteiger partial charge on any atom is -0.329 e. The van der Waals surface area contributed by atoms with Crippen LogP contribution in [0.5, 0.6) is 0 Å². The van der Waals surface area contributed by atoms with E-state index < -0.39 is 0 Å². The summed E-state index contributed by atoms with van der Waals surface area (Å²) in [5, 5.41) is 0. The quantitative estimate of drug-likeness (QED) is 0.615. The standard InChI is InChI=1S/C24H21N3O3/c1-26(23(17-8-3-2-4-9-17)20-12-5-6-15-25-20)24(30)18-10-7-11-19(16-18)27-21(28)13-14-22(27)29/h2-12,15-16,23H,13-14H2,1H3. The minimum absolute atomic E-state index is 0.201. The molecule has 1 unspecified atom stereocenters. The molecule has 3 amide bonds. The summed E-state index contributed by atoms with van der Waals surface area (Å²) in [6.45, 7) is 0. The normalized spacial score (nSPS) is 14.6. The van der Waals surface area contributed by atoms with E-state index in [0.717, 1.165) is 16.2 Å². The van der Waals surface area contributed by atoms with Crippen molar-refractivity contribution in [2.45, 2.75) is 18.9 Å². The highest BCUT2D eigenvalue weighted by atomic mass is 16.2. The van der Waals surface area contributed by atoms with Crippen molar-refractivity contribution in [1.29, 1.82) is 0 Å². The Morgan fingerprint density at radius 2 is 1.63 bits per heavy atom. The summed E-state index contributed by atoms with van der Waals surface area (Å²) in [5.41, 5.74) is 2.52. The molecule has 0 aliphatic carbocycles. The maximum absolute atomic E-state index is 13.4. The first-order chi connectivity index (χ1) is 14.6. The number of imide groups is 1. The third-order valence-corrected chi connectivity index (χ3v) is 5.19. The average Bonchev–Trinajstić information content (AvgIpc) is 3.13. The summed E-state index contributed by atoms with van der Waals surface area (Å²) in [6, 6.07) is 21.6. The molecular formula is C24H21N3O3. The summed E-state index contributed by atoms with van der Waals surface area (Å²) in [7, 11) is 1.73. The van der Waals surface area contributed by atoms with Crippen LogP contribution in [0, 0.1) is 0 Å². The Bertz CT molecular complexity index is 1030. The summed E-state index contributed by atoms with van der Waals surface area (Å²) in [4.78, 5) is 44.8. The third-order valence-electron chi connectivity index (χ3n) is 5.19. The molecule has 1 aliphatic rings. The topological polar surface area (TPSA) is 70.6 Å². The molecule has 3 aromatic rings. The van der Waals surface area contributed by atoms with Gasteiger partial charge in [-0.2, -0.15) is 0 Å². The van der Waals surface area contributed by atoms with Crippen LogP contribution in [0.4, 0.5) is 5.69 Å². The van der Waals surface area contributed by atoms with Crippen LogP contribution < -0.4 is 4.90 Å². The number of carbonyl (C=O) groups excluding carboxylic acids is 3. The van der Waals surface area contributed by atoms with Crippen LogP contribution in [-0.4, -0.2) is 34.7 Å². The van der Waals surface area contributed by atoms with E-state index in [0.29, 0.717) is 11.3 Å². The van der Waals surface area contributed by atoms with E-state index in [4.69, 9.17) is 0 Å². The molecule has 1 aromatic heterocycles. The number of carbonyl (C=O) groups is 3. The zero-order chi connectivity index (χ0) is 21.1. The number of amides is 3. The van der Waals surface area contributed by atoms with Crippen molar-refractivity contribution in [3.8, 4) is 0 Å². The average molecular weight is 399 g/mol. The maximum Gasteiger partial charge on any atom is 0.254 e. The minimum atomic E-state index is -0.376. The number of nitrogens with zero attached hydrogens (tertiary/aromatic N) is 3. The van der Waals surface area contributed by atoms with E-state index in [2.05, 4.69) is 4.98 Å². The van der Waals surface area contributed by atoms with Crippen molar-refractivity contribution in [2.75, 3.05) is 11.9 Å². The first-order valence-electron chi connectivity index (χ1n) is 9.75. The fourth-order valence-corrected chi connectivity index (χ4v) is 3.73. The lowest BCUT2D eigenvalue weighted by Crippen LogP contribution is -2.33. The van der Waals surface area contributed by atoms with Crippen molar-refractivity contribution < 1.29 is 14.4 Å². The van der Waals surface area contributed by atoms with Crippen LogP contribution in [-0.2, 0) is 9.59 Å². The predicted octanol–water partition coefficient (Wildman–Crippen LogP) is 3.60. The Balaban J connectivity index is 1.69. The number of hydrogen-bond acceptors (Lipinski definition) is 4. The van der Waals surface area contributed by atoms with Gasteiger partial charge >= 0.3 is 0 Å². The number of aromatic nitrogens is 1. The first-order valence-corrected chi connectivity index (χ1v) is 9.75. The highest BCUT2D eigenvalue weighted by molar-refractivity contribution is 6.20. The molecule has 1 fully saturated rings. The van der Waals surface area contributed by atoms with Gasteiger partial charge in [-0.15, -0.1) is 0 Å². The van der Waals surface area contributed by atoms with Gasteiger partial charge in [0.05, 0.1) is 17.4 Å². The van der Waals surface area contributed by atoms with Crippen molar-refractivity contribution in [1.82, 2.24) is 9.88 Å². The molecule has 6 nitrogen and oxygen atoms in total. The van der Waals surface area contributed by atoms with Crippen molar-refractivity contribution >= 4 is 23.4 Å². The second-order valence-corrected chi connectivity index (χ2v) is 7.16. The predicted molar refractivity (Wildman–Crippen MR) is 113 cm³/mol. The van der Waals surface area contributed by atoms with Gasteiger partial charge in [0, 0.05) is 31.6 Å². The SMILES string of the molecule is CN(C(=O)c1cccc(N2C(=O)CCC2=O)c1)C(c1ccccc1)c1ccccn1. The Kier molecular flexibility index (Phi) is 5.39. The van der Waals surface area contributed by atoms with E-state index in [-0.39, 0.29) is 36.6 Å². The number of pyridine rings is 1. The molecule has 2 aromatic carbocycles. The largest absolute Gasteiger partial charge is 0.329 e. The zero-order valence-corrected chi connectivity index (χ0v) is 16.6. The van der Waals surface area contributed by atoms with E-state index in [9.17, 15) is 14.4 Å². The van der Waals surface area contributed by atoms with Crippen LogP contribution >= 0.6 is 0 Å². The van der Waals surface area contributed by atoms with Gasteiger partial charge in [0.25, 0.3) is 5.91 Å². The molecule has 0 N–H and O–H groups in total. The molecular weight excluding hydrogens is 378 g/mol. The van der Waals surface area contributed by atoms with E-state index in [1.807, 2.05) is 48.5 Å². The van der Waals surface area contributed by atoms with E-state index in [1.54, 1.807) is 42.4 Å². The smallest absolute Gasteiger partial charge is 0.254 e. The highest BCUT2D eigenvalue weighted by Gasteiger charge is 2.31. The van der Waals surface area contributed by atoms with Crippen molar-refractivity contribution in [3.05, 3.63) is 95.8 Å². The lowest BCUT2D eigenvalue weighted by molar-refractivity contribution is -0.121. The summed E-state index contributed by atoms with van der Waals surface area (Å²) in [6.07, 6.45) is 2.11. The Labute approximate surface area is 174 Å². The second kappa shape index (κ2) is 8.29. The lowest BCUT2D eigenvalue weighted by Gasteiger charge is -2.28. The molecule has 0 spiro atoms. The van der Waals surface area contributed by atoms with Crippen LogP contribution in [0.3, 0.4) is 0 Å².